The summed E-state index contributed by atoms with van der Waals surface area (Å²) < 4.78 is 16.7. The van der Waals surface area contributed by atoms with Gasteiger partial charge in [0.15, 0.2) is 0 Å². The molecule has 0 rings (SSSR count). The zero-order chi connectivity index (χ0) is 16.9. The molecule has 0 bridgehead atoms. The SMILES string of the molecule is CC(C)(CO)C(CC(Br)CBr)(CC(Br)CBr)OP(=O)(O)O. The number of halogens is 4. The highest BCUT2D eigenvalue weighted by Gasteiger charge is 2.51. The molecule has 21 heavy (non-hydrogen) atoms. The van der Waals surface area contributed by atoms with E-state index in [2.05, 4.69) is 63.7 Å². The summed E-state index contributed by atoms with van der Waals surface area (Å²) in [5, 5.41) is 10.9. The van der Waals surface area contributed by atoms with E-state index in [1.807, 2.05) is 0 Å². The van der Waals surface area contributed by atoms with Gasteiger partial charge in [-0.05, 0) is 12.8 Å². The molecule has 128 valence electrons. The van der Waals surface area contributed by atoms with Crippen molar-refractivity contribution >= 4 is 71.5 Å². The van der Waals surface area contributed by atoms with Gasteiger partial charge in [0.25, 0.3) is 0 Å². The first-order chi connectivity index (χ1) is 9.43. The van der Waals surface area contributed by atoms with Gasteiger partial charge in [-0.15, -0.1) is 0 Å². The Labute approximate surface area is 159 Å². The summed E-state index contributed by atoms with van der Waals surface area (Å²) in [4.78, 5) is 18.6. The lowest BCUT2D eigenvalue weighted by molar-refractivity contribution is -0.0926. The first-order valence-electron chi connectivity index (χ1n) is 6.20. The average molecular weight is 584 g/mol. The molecular weight excluding hydrogens is 563 g/mol. The van der Waals surface area contributed by atoms with Crippen molar-refractivity contribution in [2.75, 3.05) is 17.3 Å². The van der Waals surface area contributed by atoms with E-state index in [0.29, 0.717) is 23.5 Å². The van der Waals surface area contributed by atoms with Crippen LogP contribution < -0.4 is 0 Å². The molecule has 10 heteroatoms. The minimum absolute atomic E-state index is 0.0510. The molecule has 0 radical (unpaired) electrons. The Balaban J connectivity index is 5.75. The number of alkyl halides is 4. The van der Waals surface area contributed by atoms with Gasteiger partial charge in [-0.3, -0.25) is 4.52 Å². The van der Waals surface area contributed by atoms with Crippen LogP contribution in [0.4, 0.5) is 0 Å². The van der Waals surface area contributed by atoms with E-state index >= 15 is 0 Å². The minimum atomic E-state index is -4.71. The molecule has 0 saturated carbocycles. The highest BCUT2D eigenvalue weighted by Crippen LogP contribution is 2.53. The number of aliphatic hydroxyl groups excluding tert-OH is 1. The number of rotatable bonds is 10. The maximum atomic E-state index is 11.5. The second-order valence-electron chi connectivity index (χ2n) is 5.53. The topological polar surface area (TPSA) is 87.0 Å². The summed E-state index contributed by atoms with van der Waals surface area (Å²) in [6.07, 6.45) is 0.679. The Morgan fingerprint density at radius 1 is 1.10 bits per heavy atom. The van der Waals surface area contributed by atoms with Gasteiger partial charge in [0, 0.05) is 25.7 Å². The van der Waals surface area contributed by atoms with Crippen molar-refractivity contribution in [3.8, 4) is 0 Å². The van der Waals surface area contributed by atoms with Gasteiger partial charge in [-0.2, -0.15) is 0 Å². The second-order valence-corrected chi connectivity index (χ2v) is 10.6. The van der Waals surface area contributed by atoms with Crippen LogP contribution in [-0.2, 0) is 9.09 Å². The molecule has 0 aromatic heterocycles. The molecule has 2 unspecified atom stereocenters. The van der Waals surface area contributed by atoms with Crippen LogP contribution in [0.15, 0.2) is 0 Å². The summed E-state index contributed by atoms with van der Waals surface area (Å²) in [6, 6.07) is 0. The van der Waals surface area contributed by atoms with Gasteiger partial charge in [0.1, 0.15) is 0 Å². The lowest BCUT2D eigenvalue weighted by atomic mass is 9.70. The Hall–Kier alpha value is 1.99. The van der Waals surface area contributed by atoms with E-state index in [-0.39, 0.29) is 16.3 Å². The molecule has 0 fully saturated rings. The quantitative estimate of drug-likeness (QED) is 0.268. The molecule has 0 amide bonds. The number of phosphoric ester groups is 1. The van der Waals surface area contributed by atoms with Gasteiger partial charge in [-0.25, -0.2) is 4.57 Å². The lowest BCUT2D eigenvalue weighted by Crippen LogP contribution is -2.51. The van der Waals surface area contributed by atoms with Crippen LogP contribution in [0, 0.1) is 5.41 Å². The molecule has 5 nitrogen and oxygen atoms in total. The number of hydrogen-bond acceptors (Lipinski definition) is 3. The molecule has 0 saturated heterocycles. The van der Waals surface area contributed by atoms with E-state index in [9.17, 15) is 19.5 Å². The van der Waals surface area contributed by atoms with E-state index in [1.54, 1.807) is 13.8 Å². The monoisotopic (exact) mass is 580 g/mol. The minimum Gasteiger partial charge on any atom is -0.396 e. The van der Waals surface area contributed by atoms with Crippen molar-refractivity contribution in [2.24, 2.45) is 5.41 Å². The molecule has 0 spiro atoms. The molecule has 3 N–H and O–H groups in total. The third-order valence-electron chi connectivity index (χ3n) is 3.36. The molecule has 0 heterocycles. The van der Waals surface area contributed by atoms with Gasteiger partial charge in [0.2, 0.25) is 0 Å². The molecule has 0 aromatic rings. The van der Waals surface area contributed by atoms with Crippen molar-refractivity contribution in [3.63, 3.8) is 0 Å². The number of phosphoric acid groups is 1. The summed E-state index contributed by atoms with van der Waals surface area (Å²) in [5.74, 6) is 0. The number of hydrogen-bond donors (Lipinski definition) is 3. The molecule has 2 atom stereocenters. The van der Waals surface area contributed by atoms with Crippen LogP contribution in [0.2, 0.25) is 0 Å². The smallest absolute Gasteiger partial charge is 0.396 e. The molecule has 0 aliphatic heterocycles. The fraction of sp³-hybridized carbons (Fsp3) is 1.00. The maximum Gasteiger partial charge on any atom is 0.470 e. The van der Waals surface area contributed by atoms with E-state index in [4.69, 9.17) is 4.52 Å². The lowest BCUT2D eigenvalue weighted by Gasteiger charge is -2.47. The average Bonchev–Trinajstić information content (AvgIpc) is 2.35. The maximum absolute atomic E-state index is 11.5. The second kappa shape index (κ2) is 9.47. The van der Waals surface area contributed by atoms with E-state index in [1.165, 1.54) is 0 Å². The van der Waals surface area contributed by atoms with Crippen molar-refractivity contribution < 1.29 is 24.0 Å². The van der Waals surface area contributed by atoms with Crippen molar-refractivity contribution in [1.82, 2.24) is 0 Å². The van der Waals surface area contributed by atoms with Crippen LogP contribution in [0.3, 0.4) is 0 Å². The van der Waals surface area contributed by atoms with Crippen LogP contribution in [0.25, 0.3) is 0 Å². The van der Waals surface area contributed by atoms with Crippen LogP contribution in [-0.4, -0.2) is 47.4 Å². The number of aliphatic hydroxyl groups is 1. The molecule has 0 aliphatic carbocycles. The Morgan fingerprint density at radius 2 is 1.48 bits per heavy atom. The molecular formula is C11H21Br4O5P. The Bertz CT molecular complexity index is 351. The zero-order valence-corrected chi connectivity index (χ0v) is 19.0. The largest absolute Gasteiger partial charge is 0.470 e. The first-order valence-corrected chi connectivity index (χ1v) is 11.8. The van der Waals surface area contributed by atoms with Gasteiger partial charge in [0.05, 0.1) is 12.2 Å². The fourth-order valence-corrected chi connectivity index (χ4v) is 4.39. The Morgan fingerprint density at radius 3 is 1.71 bits per heavy atom. The van der Waals surface area contributed by atoms with Crippen LogP contribution in [0.1, 0.15) is 26.7 Å². The summed E-state index contributed by atoms with van der Waals surface area (Å²) in [5.41, 5.74) is -2.03. The Kier molecular flexibility index (Phi) is 10.4. The van der Waals surface area contributed by atoms with E-state index < -0.39 is 18.8 Å². The third kappa shape index (κ3) is 7.61. The van der Waals surface area contributed by atoms with Gasteiger partial charge < -0.3 is 14.9 Å². The van der Waals surface area contributed by atoms with Crippen molar-refractivity contribution in [3.05, 3.63) is 0 Å². The normalized spacial score (nSPS) is 19.1. The predicted octanol–water partition coefficient (Wildman–Crippen LogP) is 3.95. The highest BCUT2D eigenvalue weighted by atomic mass is 79.9. The predicted molar refractivity (Wildman–Crippen MR) is 99.0 cm³/mol. The molecule has 0 aliphatic rings. The van der Waals surface area contributed by atoms with Crippen molar-refractivity contribution in [2.45, 2.75) is 41.9 Å². The standard InChI is InChI=1S/C11H21Br4O5P/c1-10(2,7-16)11(3-8(14)5-12,4-9(15)6-13)20-21(17,18)19/h8-9,16H,3-7H2,1-2H3,(H2,17,18,19). The van der Waals surface area contributed by atoms with Crippen LogP contribution in [0.5, 0.6) is 0 Å². The summed E-state index contributed by atoms with van der Waals surface area (Å²) >= 11 is 13.6. The van der Waals surface area contributed by atoms with Gasteiger partial charge in [-0.1, -0.05) is 77.6 Å². The zero-order valence-electron chi connectivity index (χ0n) is 11.8. The molecule has 0 aromatic carbocycles. The first kappa shape index (κ1) is 23.0. The van der Waals surface area contributed by atoms with Crippen LogP contribution >= 0.6 is 71.5 Å². The van der Waals surface area contributed by atoms with Crippen molar-refractivity contribution in [1.29, 1.82) is 0 Å². The summed E-state index contributed by atoms with van der Waals surface area (Å²) in [6.45, 7) is 3.23. The third-order valence-corrected chi connectivity index (χ3v) is 8.54. The highest BCUT2D eigenvalue weighted by molar-refractivity contribution is 9.12. The van der Waals surface area contributed by atoms with E-state index in [0.717, 1.165) is 0 Å². The van der Waals surface area contributed by atoms with Gasteiger partial charge >= 0.3 is 7.82 Å². The summed E-state index contributed by atoms with van der Waals surface area (Å²) in [7, 11) is -4.71. The fourth-order valence-electron chi connectivity index (χ4n) is 2.03.